The molecule has 0 saturated carbocycles. The lowest BCUT2D eigenvalue weighted by Crippen LogP contribution is -2.31. The zero-order chi connectivity index (χ0) is 12.8. The van der Waals surface area contributed by atoms with Crippen molar-refractivity contribution in [2.24, 2.45) is 0 Å². The average Bonchev–Trinajstić information content (AvgIpc) is 2.26. The van der Waals surface area contributed by atoms with E-state index in [4.69, 9.17) is 22.1 Å². The summed E-state index contributed by atoms with van der Waals surface area (Å²) < 4.78 is 0.669. The lowest BCUT2D eigenvalue weighted by molar-refractivity contribution is 0.0794. The maximum absolute atomic E-state index is 12.0. The van der Waals surface area contributed by atoms with E-state index < -0.39 is 5.91 Å². The van der Waals surface area contributed by atoms with Crippen molar-refractivity contribution in [2.45, 2.75) is 0 Å². The lowest BCUT2D eigenvalue weighted by atomic mass is 10.2. The number of nitriles is 2. The predicted molar refractivity (Wildman–Crippen MR) is 66.3 cm³/mol. The zero-order valence-corrected chi connectivity index (χ0v) is 11.0. The Labute approximate surface area is 112 Å². The van der Waals surface area contributed by atoms with Crippen LogP contribution in [0.25, 0.3) is 0 Å². The molecule has 4 nitrogen and oxygen atoms in total. The molecule has 0 aliphatic rings. The molecule has 0 aliphatic carbocycles. The molecule has 1 aromatic rings. The van der Waals surface area contributed by atoms with E-state index in [1.807, 2.05) is 12.1 Å². The van der Waals surface area contributed by atoms with Crippen LogP contribution < -0.4 is 0 Å². The molecule has 0 fully saturated rings. The number of amides is 1. The van der Waals surface area contributed by atoms with Crippen molar-refractivity contribution < 1.29 is 4.79 Å². The smallest absolute Gasteiger partial charge is 0.255 e. The first kappa shape index (κ1) is 13.5. The summed E-state index contributed by atoms with van der Waals surface area (Å²) in [6.45, 7) is -0.257. The maximum Gasteiger partial charge on any atom is 0.255 e. The molecule has 0 radical (unpaired) electrons. The van der Waals surface area contributed by atoms with Crippen molar-refractivity contribution in [1.82, 2.24) is 4.90 Å². The van der Waals surface area contributed by atoms with Gasteiger partial charge in [0.15, 0.2) is 0 Å². The summed E-state index contributed by atoms with van der Waals surface area (Å²) in [4.78, 5) is 13.1. The summed E-state index contributed by atoms with van der Waals surface area (Å²) >= 11 is 9.05. The monoisotopic (exact) mass is 311 g/mol. The van der Waals surface area contributed by atoms with Gasteiger partial charge in [-0.25, -0.2) is 0 Å². The summed E-state index contributed by atoms with van der Waals surface area (Å²) in [6, 6.07) is 8.42. The lowest BCUT2D eigenvalue weighted by Gasteiger charge is -2.15. The third-order valence-electron chi connectivity index (χ3n) is 1.92. The van der Waals surface area contributed by atoms with Gasteiger partial charge < -0.3 is 4.90 Å². The topological polar surface area (TPSA) is 67.9 Å². The van der Waals surface area contributed by atoms with Crippen LogP contribution in [0.5, 0.6) is 0 Å². The van der Waals surface area contributed by atoms with Crippen LogP contribution in [0.1, 0.15) is 10.4 Å². The Hall–Kier alpha value is -1.56. The largest absolute Gasteiger partial charge is 0.312 e. The number of carbonyl (C=O) groups excluding carboxylic acids is 1. The first-order chi connectivity index (χ1) is 8.08. The second-order valence-corrected chi connectivity index (χ2v) is 4.49. The maximum atomic E-state index is 12.0. The molecule has 0 unspecified atom stereocenters. The van der Waals surface area contributed by atoms with Gasteiger partial charge >= 0.3 is 0 Å². The molecular weight excluding hydrogens is 305 g/mol. The highest BCUT2D eigenvalue weighted by molar-refractivity contribution is 9.10. The quantitative estimate of drug-likeness (QED) is 0.806. The van der Waals surface area contributed by atoms with Crippen molar-refractivity contribution in [3.05, 3.63) is 33.3 Å². The molecular formula is C11H7BrClN3O. The standard InChI is InChI=1S/C11H7BrClN3O/c12-9-5-8(6-10(13)7-9)11(17)16(3-1-14)4-2-15/h5-7H,3-4H2. The predicted octanol–water partition coefficient (Wildman–Crippen LogP) is 2.59. The van der Waals surface area contributed by atoms with Crippen molar-refractivity contribution in [2.75, 3.05) is 13.1 Å². The summed E-state index contributed by atoms with van der Waals surface area (Å²) in [6.07, 6.45) is 0. The Morgan fingerprint density at radius 2 is 1.88 bits per heavy atom. The number of benzene rings is 1. The number of hydrogen-bond acceptors (Lipinski definition) is 3. The van der Waals surface area contributed by atoms with Crippen LogP contribution in [0, 0.1) is 22.7 Å². The third-order valence-corrected chi connectivity index (χ3v) is 2.60. The molecule has 1 amide bonds. The third kappa shape index (κ3) is 3.74. The van der Waals surface area contributed by atoms with Crippen LogP contribution in [0.4, 0.5) is 0 Å². The molecule has 0 spiro atoms. The SMILES string of the molecule is N#CCN(CC#N)C(=O)c1cc(Cl)cc(Br)c1. The van der Waals surface area contributed by atoms with E-state index in [0.29, 0.717) is 15.1 Å². The Balaban J connectivity index is 3.02. The van der Waals surface area contributed by atoms with Gasteiger partial charge in [-0.2, -0.15) is 10.5 Å². The molecule has 6 heteroatoms. The molecule has 86 valence electrons. The first-order valence-electron chi connectivity index (χ1n) is 4.57. The van der Waals surface area contributed by atoms with E-state index in [1.165, 1.54) is 6.07 Å². The highest BCUT2D eigenvalue weighted by atomic mass is 79.9. The van der Waals surface area contributed by atoms with Gasteiger partial charge in [0, 0.05) is 15.1 Å². The second kappa shape index (κ2) is 6.24. The number of hydrogen-bond donors (Lipinski definition) is 0. The van der Waals surface area contributed by atoms with Crippen molar-refractivity contribution in [3.8, 4) is 12.1 Å². The average molecular weight is 313 g/mol. The molecule has 0 atom stereocenters. The molecule has 0 bridgehead atoms. The fraction of sp³-hybridized carbons (Fsp3) is 0.182. The van der Waals surface area contributed by atoms with Crippen molar-refractivity contribution >= 4 is 33.4 Å². The fourth-order valence-electron chi connectivity index (χ4n) is 1.23. The van der Waals surface area contributed by atoms with Crippen LogP contribution in [0.15, 0.2) is 22.7 Å². The van der Waals surface area contributed by atoms with E-state index in [0.717, 1.165) is 4.90 Å². The Kier molecular flexibility index (Phi) is 4.96. The number of rotatable bonds is 3. The van der Waals surface area contributed by atoms with E-state index in [-0.39, 0.29) is 13.1 Å². The van der Waals surface area contributed by atoms with Gasteiger partial charge in [-0.15, -0.1) is 0 Å². The number of carbonyl (C=O) groups is 1. The van der Waals surface area contributed by atoms with Gasteiger partial charge in [-0.1, -0.05) is 27.5 Å². The Morgan fingerprint density at radius 1 is 1.29 bits per heavy atom. The van der Waals surface area contributed by atoms with Gasteiger partial charge in [0.1, 0.15) is 13.1 Å². The van der Waals surface area contributed by atoms with E-state index in [1.54, 1.807) is 12.1 Å². The normalized spacial score (nSPS) is 9.18. The Morgan fingerprint density at radius 3 is 2.35 bits per heavy atom. The fourth-order valence-corrected chi connectivity index (χ4v) is 2.09. The van der Waals surface area contributed by atoms with Gasteiger partial charge in [-0.05, 0) is 18.2 Å². The summed E-state index contributed by atoms with van der Waals surface area (Å²) in [5, 5.41) is 17.6. The van der Waals surface area contributed by atoms with Crippen LogP contribution in [0.3, 0.4) is 0 Å². The molecule has 1 aromatic carbocycles. The second-order valence-electron chi connectivity index (χ2n) is 3.14. The Bertz CT molecular complexity index is 482. The highest BCUT2D eigenvalue weighted by Gasteiger charge is 2.15. The van der Waals surface area contributed by atoms with Gasteiger partial charge in [0.05, 0.1) is 12.1 Å². The van der Waals surface area contributed by atoms with Crippen molar-refractivity contribution in [3.63, 3.8) is 0 Å². The molecule has 0 heterocycles. The molecule has 0 saturated heterocycles. The van der Waals surface area contributed by atoms with E-state index >= 15 is 0 Å². The summed E-state index contributed by atoms with van der Waals surface area (Å²) in [5.41, 5.74) is 0.342. The molecule has 17 heavy (non-hydrogen) atoms. The van der Waals surface area contributed by atoms with Crippen LogP contribution >= 0.6 is 27.5 Å². The number of nitrogens with zero attached hydrogens (tertiary/aromatic N) is 3. The number of halogens is 2. The molecule has 0 aromatic heterocycles. The minimum absolute atomic E-state index is 0.128. The molecule has 0 N–H and O–H groups in total. The van der Waals surface area contributed by atoms with Gasteiger partial charge in [0.25, 0.3) is 5.91 Å². The van der Waals surface area contributed by atoms with E-state index in [2.05, 4.69) is 15.9 Å². The molecule has 1 rings (SSSR count). The minimum atomic E-state index is -0.392. The van der Waals surface area contributed by atoms with Crippen LogP contribution in [-0.2, 0) is 0 Å². The summed E-state index contributed by atoms with van der Waals surface area (Å²) in [5.74, 6) is -0.392. The van der Waals surface area contributed by atoms with Crippen molar-refractivity contribution in [1.29, 1.82) is 10.5 Å². The minimum Gasteiger partial charge on any atom is -0.312 e. The van der Waals surface area contributed by atoms with E-state index in [9.17, 15) is 4.79 Å². The van der Waals surface area contributed by atoms with Gasteiger partial charge in [-0.3, -0.25) is 4.79 Å². The molecule has 0 aliphatic heterocycles. The first-order valence-corrected chi connectivity index (χ1v) is 5.75. The summed E-state index contributed by atoms with van der Waals surface area (Å²) in [7, 11) is 0. The van der Waals surface area contributed by atoms with Crippen LogP contribution in [0.2, 0.25) is 5.02 Å². The van der Waals surface area contributed by atoms with Crippen LogP contribution in [-0.4, -0.2) is 23.9 Å². The van der Waals surface area contributed by atoms with Gasteiger partial charge in [0.2, 0.25) is 0 Å². The zero-order valence-electron chi connectivity index (χ0n) is 8.65. The highest BCUT2D eigenvalue weighted by Crippen LogP contribution is 2.20.